The zero-order valence-corrected chi connectivity index (χ0v) is 15.7. The van der Waals surface area contributed by atoms with Gasteiger partial charge in [0.05, 0.1) is 29.8 Å². The van der Waals surface area contributed by atoms with Crippen LogP contribution < -0.4 is 14.8 Å². The van der Waals surface area contributed by atoms with E-state index in [-0.39, 0.29) is 22.2 Å². The first kappa shape index (κ1) is 19.9. The summed E-state index contributed by atoms with van der Waals surface area (Å²) in [6.07, 6.45) is 0. The van der Waals surface area contributed by atoms with Gasteiger partial charge in [0.25, 0.3) is 5.91 Å². The van der Waals surface area contributed by atoms with E-state index in [1.807, 2.05) is 0 Å². The molecule has 0 aliphatic heterocycles. The van der Waals surface area contributed by atoms with Gasteiger partial charge in [-0.25, -0.2) is 4.79 Å². The molecule has 2 aromatic rings. The van der Waals surface area contributed by atoms with Gasteiger partial charge in [0.15, 0.2) is 18.1 Å². The number of esters is 1. The molecule has 0 aliphatic carbocycles. The van der Waals surface area contributed by atoms with Crippen LogP contribution in [0.25, 0.3) is 0 Å². The van der Waals surface area contributed by atoms with Crippen LogP contribution >= 0.6 is 23.2 Å². The van der Waals surface area contributed by atoms with Crippen LogP contribution in [-0.4, -0.2) is 32.7 Å². The molecule has 2 rings (SSSR count). The number of ether oxygens (including phenoxy) is 3. The van der Waals surface area contributed by atoms with Gasteiger partial charge in [0, 0.05) is 6.54 Å². The largest absolute Gasteiger partial charge is 0.493 e. The minimum atomic E-state index is -0.723. The molecule has 26 heavy (non-hydrogen) atoms. The lowest BCUT2D eigenvalue weighted by Crippen LogP contribution is -2.28. The van der Waals surface area contributed by atoms with E-state index in [1.54, 1.807) is 37.4 Å². The number of carbonyl (C=O) groups is 2. The third-order valence-electron chi connectivity index (χ3n) is 3.44. The first-order valence-corrected chi connectivity index (χ1v) is 8.30. The Kier molecular flexibility index (Phi) is 7.12. The fraction of sp³-hybridized carbons (Fsp3) is 0.222. The molecule has 1 N–H and O–H groups in total. The Labute approximate surface area is 160 Å². The number of methoxy groups -OCH3 is 2. The smallest absolute Gasteiger partial charge is 0.340 e. The molecule has 0 saturated carbocycles. The van der Waals surface area contributed by atoms with Crippen molar-refractivity contribution in [1.29, 1.82) is 0 Å². The summed E-state index contributed by atoms with van der Waals surface area (Å²) < 4.78 is 15.3. The normalized spacial score (nSPS) is 10.2. The predicted molar refractivity (Wildman–Crippen MR) is 98.1 cm³/mol. The summed E-state index contributed by atoms with van der Waals surface area (Å²) in [5.74, 6) is -0.0266. The minimum Gasteiger partial charge on any atom is -0.493 e. The highest BCUT2D eigenvalue weighted by atomic mass is 35.5. The molecular formula is C18H17Cl2NO5. The summed E-state index contributed by atoms with van der Waals surface area (Å²) in [7, 11) is 3.07. The molecule has 0 aliphatic rings. The summed E-state index contributed by atoms with van der Waals surface area (Å²) in [5.41, 5.74) is 0.909. The Balaban J connectivity index is 1.87. The standard InChI is InChI=1S/C18H17Cl2NO5/c1-24-14-7-6-11(8-15(14)25-2)9-21-16(22)10-26-18(23)12-4-3-5-13(19)17(12)20/h3-8H,9-10H2,1-2H3,(H,21,22). The molecule has 2 aromatic carbocycles. The van der Waals surface area contributed by atoms with Gasteiger partial charge in [-0.1, -0.05) is 35.3 Å². The Hall–Kier alpha value is -2.44. The van der Waals surface area contributed by atoms with Crippen molar-refractivity contribution < 1.29 is 23.8 Å². The summed E-state index contributed by atoms with van der Waals surface area (Å²) in [5, 5.41) is 2.97. The van der Waals surface area contributed by atoms with Gasteiger partial charge in [-0.2, -0.15) is 0 Å². The second-order valence-electron chi connectivity index (χ2n) is 5.14. The molecule has 0 radical (unpaired) electrons. The van der Waals surface area contributed by atoms with Crippen LogP contribution in [0.3, 0.4) is 0 Å². The monoisotopic (exact) mass is 397 g/mol. The highest BCUT2D eigenvalue weighted by Gasteiger charge is 2.15. The van der Waals surface area contributed by atoms with Crippen LogP contribution in [0.2, 0.25) is 10.0 Å². The van der Waals surface area contributed by atoms with E-state index in [4.69, 9.17) is 37.4 Å². The van der Waals surface area contributed by atoms with Crippen molar-refractivity contribution in [2.24, 2.45) is 0 Å². The molecule has 0 atom stereocenters. The van der Waals surface area contributed by atoms with Crippen molar-refractivity contribution in [3.63, 3.8) is 0 Å². The lowest BCUT2D eigenvalue weighted by Gasteiger charge is -2.11. The Bertz CT molecular complexity index is 810. The summed E-state index contributed by atoms with van der Waals surface area (Å²) in [4.78, 5) is 23.9. The summed E-state index contributed by atoms with van der Waals surface area (Å²) in [6, 6.07) is 9.87. The number of halogens is 2. The fourth-order valence-corrected chi connectivity index (χ4v) is 2.49. The van der Waals surface area contributed by atoms with Gasteiger partial charge in [-0.05, 0) is 29.8 Å². The molecule has 0 aromatic heterocycles. The first-order chi connectivity index (χ1) is 12.5. The maximum absolute atomic E-state index is 12.0. The van der Waals surface area contributed by atoms with E-state index in [2.05, 4.69) is 5.32 Å². The predicted octanol–water partition coefficient (Wildman–Crippen LogP) is 3.48. The van der Waals surface area contributed by atoms with Crippen molar-refractivity contribution in [2.45, 2.75) is 6.54 Å². The molecule has 138 valence electrons. The minimum absolute atomic E-state index is 0.0879. The fourth-order valence-electron chi connectivity index (χ4n) is 2.11. The van der Waals surface area contributed by atoms with Crippen molar-refractivity contribution in [3.8, 4) is 11.5 Å². The highest BCUT2D eigenvalue weighted by Crippen LogP contribution is 2.27. The average Bonchev–Trinajstić information content (AvgIpc) is 2.66. The second-order valence-corrected chi connectivity index (χ2v) is 5.93. The maximum atomic E-state index is 12.0. The van der Waals surface area contributed by atoms with E-state index in [0.29, 0.717) is 11.5 Å². The molecule has 0 bridgehead atoms. The van der Waals surface area contributed by atoms with Gasteiger partial charge in [-0.15, -0.1) is 0 Å². The van der Waals surface area contributed by atoms with Gasteiger partial charge in [0.1, 0.15) is 0 Å². The molecule has 6 nitrogen and oxygen atoms in total. The first-order valence-electron chi connectivity index (χ1n) is 7.55. The van der Waals surface area contributed by atoms with Crippen LogP contribution in [0.4, 0.5) is 0 Å². The zero-order valence-electron chi connectivity index (χ0n) is 14.2. The van der Waals surface area contributed by atoms with E-state index >= 15 is 0 Å². The number of rotatable bonds is 7. The SMILES string of the molecule is COc1ccc(CNC(=O)COC(=O)c2cccc(Cl)c2Cl)cc1OC. The lowest BCUT2D eigenvalue weighted by molar-refractivity contribution is -0.124. The maximum Gasteiger partial charge on any atom is 0.340 e. The van der Waals surface area contributed by atoms with Crippen LogP contribution in [0, 0.1) is 0 Å². The third kappa shape index (κ3) is 5.03. The molecule has 0 heterocycles. The summed E-state index contributed by atoms with van der Waals surface area (Å²) in [6.45, 7) is -0.191. The number of hydrogen-bond donors (Lipinski definition) is 1. The molecule has 0 fully saturated rings. The molecule has 1 amide bonds. The third-order valence-corrected chi connectivity index (χ3v) is 4.26. The van der Waals surface area contributed by atoms with Gasteiger partial charge >= 0.3 is 5.97 Å². The number of nitrogens with one attached hydrogen (secondary N) is 1. The number of benzene rings is 2. The number of hydrogen-bond acceptors (Lipinski definition) is 5. The Morgan fingerprint density at radius 1 is 1.04 bits per heavy atom. The molecular weight excluding hydrogens is 381 g/mol. The topological polar surface area (TPSA) is 73.9 Å². The highest BCUT2D eigenvalue weighted by molar-refractivity contribution is 6.43. The zero-order chi connectivity index (χ0) is 19.1. The molecule has 0 unspecified atom stereocenters. The number of carbonyl (C=O) groups excluding carboxylic acids is 2. The Morgan fingerprint density at radius 2 is 1.77 bits per heavy atom. The second kappa shape index (κ2) is 9.31. The average molecular weight is 398 g/mol. The molecule has 0 spiro atoms. The number of amides is 1. The quantitative estimate of drug-likeness (QED) is 0.723. The van der Waals surface area contributed by atoms with E-state index < -0.39 is 18.5 Å². The van der Waals surface area contributed by atoms with Crippen molar-refractivity contribution in [2.75, 3.05) is 20.8 Å². The van der Waals surface area contributed by atoms with Crippen molar-refractivity contribution >= 4 is 35.1 Å². The van der Waals surface area contributed by atoms with Crippen molar-refractivity contribution in [3.05, 3.63) is 57.6 Å². The van der Waals surface area contributed by atoms with Crippen molar-refractivity contribution in [1.82, 2.24) is 5.32 Å². The van der Waals surface area contributed by atoms with E-state index in [9.17, 15) is 9.59 Å². The molecule has 8 heteroatoms. The van der Waals surface area contributed by atoms with Crippen LogP contribution in [0.5, 0.6) is 11.5 Å². The van der Waals surface area contributed by atoms with E-state index in [1.165, 1.54) is 13.2 Å². The van der Waals surface area contributed by atoms with E-state index in [0.717, 1.165) is 5.56 Å². The van der Waals surface area contributed by atoms with Gasteiger partial charge < -0.3 is 19.5 Å². The van der Waals surface area contributed by atoms with Crippen LogP contribution in [-0.2, 0) is 16.1 Å². The Morgan fingerprint density at radius 3 is 2.46 bits per heavy atom. The van der Waals surface area contributed by atoms with Crippen LogP contribution in [0.1, 0.15) is 15.9 Å². The molecule has 0 saturated heterocycles. The lowest BCUT2D eigenvalue weighted by atomic mass is 10.2. The van der Waals surface area contributed by atoms with Crippen LogP contribution in [0.15, 0.2) is 36.4 Å². The summed E-state index contributed by atoms with van der Waals surface area (Å²) >= 11 is 11.8. The van der Waals surface area contributed by atoms with Gasteiger partial charge in [-0.3, -0.25) is 4.79 Å². The van der Waals surface area contributed by atoms with Gasteiger partial charge in [0.2, 0.25) is 0 Å².